The number of benzene rings is 3. The molecule has 1 heterocycles. The molecule has 0 spiro atoms. The molecule has 0 saturated heterocycles. The van der Waals surface area contributed by atoms with E-state index in [0.29, 0.717) is 17.0 Å². The largest absolute Gasteiger partial charge is 0.440 e. The number of carbonyl (C=O) groups excluding carboxylic acids is 1. The number of para-hydroxylation sites is 2. The summed E-state index contributed by atoms with van der Waals surface area (Å²) < 4.78 is 5.58. The van der Waals surface area contributed by atoms with Crippen molar-refractivity contribution in [3.05, 3.63) is 78.2 Å². The molecular formula is C20H15N3O3. The van der Waals surface area contributed by atoms with Crippen molar-refractivity contribution >= 4 is 33.7 Å². The molecule has 0 aliphatic heterocycles. The van der Waals surface area contributed by atoms with Crippen LogP contribution in [0.5, 0.6) is 0 Å². The summed E-state index contributed by atoms with van der Waals surface area (Å²) >= 11 is 0. The minimum Gasteiger partial charge on any atom is -0.440 e. The van der Waals surface area contributed by atoms with E-state index in [2.05, 4.69) is 10.1 Å². The second-order valence-corrected chi connectivity index (χ2v) is 5.74. The SMILES string of the molecule is NC(Cc1nc2ccccc2o1)=NOC(=O)c1cccc2ccccc12. The third kappa shape index (κ3) is 3.12. The van der Waals surface area contributed by atoms with Crippen LogP contribution in [0.2, 0.25) is 0 Å². The highest BCUT2D eigenvalue weighted by atomic mass is 16.7. The predicted octanol–water partition coefficient (Wildman–Crippen LogP) is 3.65. The van der Waals surface area contributed by atoms with Crippen molar-refractivity contribution in [2.45, 2.75) is 6.42 Å². The zero-order valence-electron chi connectivity index (χ0n) is 13.8. The number of hydrogen-bond donors (Lipinski definition) is 1. The van der Waals surface area contributed by atoms with Crippen LogP contribution in [-0.4, -0.2) is 16.8 Å². The Morgan fingerprint density at radius 2 is 1.81 bits per heavy atom. The van der Waals surface area contributed by atoms with Gasteiger partial charge in [-0.25, -0.2) is 9.78 Å². The second-order valence-electron chi connectivity index (χ2n) is 5.74. The van der Waals surface area contributed by atoms with Gasteiger partial charge in [-0.05, 0) is 29.0 Å². The molecule has 0 aliphatic carbocycles. The zero-order valence-corrected chi connectivity index (χ0v) is 13.8. The van der Waals surface area contributed by atoms with Gasteiger partial charge in [-0.3, -0.25) is 0 Å². The van der Waals surface area contributed by atoms with E-state index < -0.39 is 5.97 Å². The highest BCUT2D eigenvalue weighted by molar-refractivity contribution is 6.04. The van der Waals surface area contributed by atoms with Gasteiger partial charge in [0.05, 0.1) is 12.0 Å². The topological polar surface area (TPSA) is 90.7 Å². The maximum atomic E-state index is 12.3. The van der Waals surface area contributed by atoms with Crippen molar-refractivity contribution in [2.75, 3.05) is 0 Å². The van der Waals surface area contributed by atoms with Crippen molar-refractivity contribution in [1.82, 2.24) is 4.98 Å². The smallest absolute Gasteiger partial charge is 0.366 e. The molecule has 2 N–H and O–H groups in total. The number of nitrogens with two attached hydrogens (primary N) is 1. The fourth-order valence-corrected chi connectivity index (χ4v) is 2.74. The van der Waals surface area contributed by atoms with E-state index in [4.69, 9.17) is 15.0 Å². The normalized spacial score (nSPS) is 11.8. The minimum atomic E-state index is -0.567. The van der Waals surface area contributed by atoms with Gasteiger partial charge < -0.3 is 15.0 Å². The third-order valence-electron chi connectivity index (χ3n) is 3.93. The number of hydrogen-bond acceptors (Lipinski definition) is 5. The second kappa shape index (κ2) is 6.68. The number of aromatic nitrogens is 1. The van der Waals surface area contributed by atoms with Gasteiger partial charge in [0.15, 0.2) is 5.58 Å². The number of carbonyl (C=O) groups is 1. The van der Waals surface area contributed by atoms with E-state index in [1.165, 1.54) is 0 Å². The number of oxime groups is 1. The lowest BCUT2D eigenvalue weighted by molar-refractivity contribution is 0.0517. The van der Waals surface area contributed by atoms with Gasteiger partial charge >= 0.3 is 5.97 Å². The fraction of sp³-hybridized carbons (Fsp3) is 0.0500. The molecule has 0 unspecified atom stereocenters. The summed E-state index contributed by atoms with van der Waals surface area (Å²) in [6, 6.07) is 20.4. The molecule has 6 nitrogen and oxygen atoms in total. The van der Waals surface area contributed by atoms with Crippen LogP contribution in [0, 0.1) is 0 Å². The van der Waals surface area contributed by atoms with Crippen LogP contribution in [-0.2, 0) is 11.3 Å². The van der Waals surface area contributed by atoms with Crippen molar-refractivity contribution in [3.8, 4) is 0 Å². The summed E-state index contributed by atoms with van der Waals surface area (Å²) in [5.74, 6) is -0.0545. The minimum absolute atomic E-state index is 0.102. The van der Waals surface area contributed by atoms with Crippen LogP contribution in [0.4, 0.5) is 0 Å². The van der Waals surface area contributed by atoms with Gasteiger partial charge in [-0.1, -0.05) is 53.7 Å². The van der Waals surface area contributed by atoms with Crippen LogP contribution in [0.15, 0.2) is 76.3 Å². The highest BCUT2D eigenvalue weighted by Gasteiger charge is 2.12. The first-order valence-corrected chi connectivity index (χ1v) is 8.06. The summed E-state index contributed by atoms with van der Waals surface area (Å²) in [5, 5.41) is 5.47. The molecule has 0 amide bonds. The van der Waals surface area contributed by atoms with E-state index in [9.17, 15) is 4.79 Å². The van der Waals surface area contributed by atoms with Crippen LogP contribution in [0.1, 0.15) is 16.2 Å². The van der Waals surface area contributed by atoms with Crippen LogP contribution in [0.25, 0.3) is 21.9 Å². The first kappa shape index (κ1) is 15.8. The van der Waals surface area contributed by atoms with E-state index in [1.807, 2.05) is 54.6 Å². The van der Waals surface area contributed by atoms with Crippen molar-refractivity contribution < 1.29 is 14.0 Å². The fourth-order valence-electron chi connectivity index (χ4n) is 2.74. The Morgan fingerprint density at radius 3 is 2.69 bits per heavy atom. The zero-order chi connectivity index (χ0) is 17.9. The van der Waals surface area contributed by atoms with Gasteiger partial charge in [0.1, 0.15) is 11.4 Å². The Kier molecular flexibility index (Phi) is 4.07. The number of rotatable bonds is 4. The molecule has 0 aliphatic rings. The van der Waals surface area contributed by atoms with Gasteiger partial charge in [-0.2, -0.15) is 0 Å². The van der Waals surface area contributed by atoms with E-state index >= 15 is 0 Å². The first-order valence-electron chi connectivity index (χ1n) is 8.06. The van der Waals surface area contributed by atoms with Gasteiger partial charge in [0.25, 0.3) is 0 Å². The lowest BCUT2D eigenvalue weighted by Crippen LogP contribution is -2.17. The first-order chi connectivity index (χ1) is 12.7. The molecule has 1 aromatic heterocycles. The molecule has 0 bridgehead atoms. The number of amidine groups is 1. The van der Waals surface area contributed by atoms with Crippen molar-refractivity contribution in [1.29, 1.82) is 0 Å². The summed E-state index contributed by atoms with van der Waals surface area (Å²) in [6.07, 6.45) is 0.150. The standard InChI is InChI=1S/C20H15N3O3/c21-18(12-19-22-16-10-3-4-11-17(16)25-19)23-26-20(24)15-9-5-7-13-6-1-2-8-14(13)15/h1-11H,12H2,(H2,21,23). The summed E-state index contributed by atoms with van der Waals surface area (Å²) in [6.45, 7) is 0. The Balaban J connectivity index is 1.50. The number of nitrogens with zero attached hydrogens (tertiary/aromatic N) is 2. The Hall–Kier alpha value is -3.67. The summed E-state index contributed by atoms with van der Waals surface area (Å²) in [5.41, 5.74) is 7.68. The molecule has 4 rings (SSSR count). The monoisotopic (exact) mass is 345 g/mol. The van der Waals surface area contributed by atoms with Crippen molar-refractivity contribution in [3.63, 3.8) is 0 Å². The van der Waals surface area contributed by atoms with Crippen LogP contribution >= 0.6 is 0 Å². The average Bonchev–Trinajstić information content (AvgIpc) is 3.07. The Bertz CT molecular complexity index is 1090. The van der Waals surface area contributed by atoms with Gasteiger partial charge in [-0.15, -0.1) is 0 Å². The molecule has 0 saturated carbocycles. The van der Waals surface area contributed by atoms with Crippen molar-refractivity contribution in [2.24, 2.45) is 10.9 Å². The molecule has 6 heteroatoms. The quantitative estimate of drug-likeness (QED) is 0.264. The number of fused-ring (bicyclic) bond motifs is 2. The van der Waals surface area contributed by atoms with Crippen LogP contribution in [0.3, 0.4) is 0 Å². The Labute approximate surface area is 148 Å². The maximum Gasteiger partial charge on any atom is 0.366 e. The molecule has 3 aromatic carbocycles. The predicted molar refractivity (Wildman–Crippen MR) is 98.7 cm³/mol. The molecular weight excluding hydrogens is 330 g/mol. The molecule has 4 aromatic rings. The average molecular weight is 345 g/mol. The molecule has 0 atom stereocenters. The van der Waals surface area contributed by atoms with Gasteiger partial charge in [0.2, 0.25) is 5.89 Å². The van der Waals surface area contributed by atoms with E-state index in [1.54, 1.807) is 12.1 Å². The Morgan fingerprint density at radius 1 is 1.04 bits per heavy atom. The maximum absolute atomic E-state index is 12.3. The summed E-state index contributed by atoms with van der Waals surface area (Å²) in [7, 11) is 0. The number of oxazole rings is 1. The molecule has 26 heavy (non-hydrogen) atoms. The molecule has 0 fully saturated rings. The van der Waals surface area contributed by atoms with E-state index in [-0.39, 0.29) is 12.3 Å². The lowest BCUT2D eigenvalue weighted by atomic mass is 10.1. The third-order valence-corrected chi connectivity index (χ3v) is 3.93. The van der Waals surface area contributed by atoms with Crippen LogP contribution < -0.4 is 5.73 Å². The molecule has 0 radical (unpaired) electrons. The van der Waals surface area contributed by atoms with E-state index in [0.717, 1.165) is 16.3 Å². The molecule has 128 valence electrons. The highest BCUT2D eigenvalue weighted by Crippen LogP contribution is 2.19. The van der Waals surface area contributed by atoms with Gasteiger partial charge in [0, 0.05) is 0 Å². The summed E-state index contributed by atoms with van der Waals surface area (Å²) in [4.78, 5) is 21.6. The lowest BCUT2D eigenvalue weighted by Gasteiger charge is -2.04.